The fourth-order valence-electron chi connectivity index (χ4n) is 2.40. The van der Waals surface area contributed by atoms with E-state index < -0.39 is 0 Å². The summed E-state index contributed by atoms with van der Waals surface area (Å²) in [6.45, 7) is 12.2. The monoisotopic (exact) mass is 278 g/mol. The summed E-state index contributed by atoms with van der Waals surface area (Å²) in [7, 11) is 4.21. The molecule has 1 rings (SSSR count). The maximum Gasteiger partial charge on any atom is 0.133 e. The van der Waals surface area contributed by atoms with Crippen LogP contribution < -0.4 is 10.6 Å². The van der Waals surface area contributed by atoms with Crippen LogP contribution in [0.25, 0.3) is 0 Å². The van der Waals surface area contributed by atoms with Crippen LogP contribution in [0, 0.1) is 19.8 Å². The van der Waals surface area contributed by atoms with Gasteiger partial charge in [-0.1, -0.05) is 13.8 Å². The Hall–Kier alpha value is -1.13. The van der Waals surface area contributed by atoms with Crippen molar-refractivity contribution in [3.8, 4) is 0 Å². The van der Waals surface area contributed by atoms with E-state index >= 15 is 0 Å². The molecule has 0 aliphatic carbocycles. The first-order chi connectivity index (χ1) is 9.35. The van der Waals surface area contributed by atoms with Crippen LogP contribution in [0.5, 0.6) is 0 Å². The topological polar surface area (TPSA) is 45.4 Å². The first-order valence-corrected chi connectivity index (χ1v) is 7.42. The molecule has 0 saturated heterocycles. The lowest BCUT2D eigenvalue weighted by Gasteiger charge is -2.29. The van der Waals surface area contributed by atoms with Gasteiger partial charge < -0.3 is 15.5 Å². The number of nitrogens with zero attached hydrogens (tertiary/aromatic N) is 3. The predicted octanol–water partition coefficient (Wildman–Crippen LogP) is 2.18. The van der Waals surface area contributed by atoms with Crippen molar-refractivity contribution in [1.29, 1.82) is 0 Å². The van der Waals surface area contributed by atoms with E-state index in [0.29, 0.717) is 12.5 Å². The smallest absolute Gasteiger partial charge is 0.133 e. The summed E-state index contributed by atoms with van der Waals surface area (Å²) < 4.78 is 0. The zero-order valence-corrected chi connectivity index (χ0v) is 13.9. The number of hydrogen-bond donors (Lipinski definition) is 1. The van der Waals surface area contributed by atoms with E-state index in [4.69, 9.17) is 10.7 Å². The molecule has 4 heteroatoms. The van der Waals surface area contributed by atoms with Gasteiger partial charge in [-0.25, -0.2) is 4.98 Å². The average molecular weight is 278 g/mol. The molecule has 0 bridgehead atoms. The van der Waals surface area contributed by atoms with Gasteiger partial charge in [-0.15, -0.1) is 0 Å². The maximum atomic E-state index is 5.95. The van der Waals surface area contributed by atoms with Crippen LogP contribution in [0.2, 0.25) is 0 Å². The number of aromatic nitrogens is 1. The summed E-state index contributed by atoms with van der Waals surface area (Å²) in [5.74, 6) is 1.67. The molecule has 0 amide bonds. The van der Waals surface area contributed by atoms with Crippen molar-refractivity contribution >= 4 is 5.82 Å². The second-order valence-electron chi connectivity index (χ2n) is 6.23. The van der Waals surface area contributed by atoms with E-state index in [1.165, 1.54) is 11.1 Å². The third-order valence-electron chi connectivity index (χ3n) is 3.36. The van der Waals surface area contributed by atoms with E-state index in [2.05, 4.69) is 57.7 Å². The highest BCUT2D eigenvalue weighted by atomic mass is 15.2. The Morgan fingerprint density at radius 1 is 1.20 bits per heavy atom. The van der Waals surface area contributed by atoms with Gasteiger partial charge in [0.15, 0.2) is 0 Å². The van der Waals surface area contributed by atoms with Gasteiger partial charge in [0.25, 0.3) is 0 Å². The normalized spacial score (nSPS) is 11.4. The van der Waals surface area contributed by atoms with Gasteiger partial charge in [0.05, 0.1) is 0 Å². The first kappa shape index (κ1) is 16.9. The molecule has 0 unspecified atom stereocenters. The van der Waals surface area contributed by atoms with Gasteiger partial charge in [0, 0.05) is 37.4 Å². The van der Waals surface area contributed by atoms with Gasteiger partial charge in [-0.2, -0.15) is 0 Å². The van der Waals surface area contributed by atoms with E-state index in [1.54, 1.807) is 0 Å². The lowest BCUT2D eigenvalue weighted by atomic mass is 10.1. The Bertz CT molecular complexity index is 427. The van der Waals surface area contributed by atoms with Crippen molar-refractivity contribution in [2.75, 3.05) is 38.6 Å². The van der Waals surface area contributed by atoms with Crippen LogP contribution >= 0.6 is 0 Å². The largest absolute Gasteiger partial charge is 0.355 e. The molecule has 114 valence electrons. The Balaban J connectivity index is 3.11. The van der Waals surface area contributed by atoms with Gasteiger partial charge in [0.1, 0.15) is 5.82 Å². The number of rotatable bonds is 7. The quantitative estimate of drug-likeness (QED) is 0.830. The van der Waals surface area contributed by atoms with Gasteiger partial charge in [-0.3, -0.25) is 0 Å². The average Bonchev–Trinajstić information content (AvgIpc) is 2.33. The molecule has 0 saturated carbocycles. The Morgan fingerprint density at radius 2 is 1.85 bits per heavy atom. The van der Waals surface area contributed by atoms with Crippen molar-refractivity contribution in [3.63, 3.8) is 0 Å². The van der Waals surface area contributed by atoms with Crippen molar-refractivity contribution in [3.05, 3.63) is 22.9 Å². The third-order valence-corrected chi connectivity index (χ3v) is 3.36. The predicted molar refractivity (Wildman–Crippen MR) is 87.2 cm³/mol. The molecule has 0 spiro atoms. The molecular formula is C16H30N4. The fourth-order valence-corrected chi connectivity index (χ4v) is 2.40. The molecule has 1 aromatic rings. The number of aryl methyl sites for hydroxylation is 2. The molecule has 0 radical (unpaired) electrons. The molecule has 4 nitrogen and oxygen atoms in total. The van der Waals surface area contributed by atoms with E-state index in [1.807, 2.05) is 0 Å². The lowest BCUT2D eigenvalue weighted by Crippen LogP contribution is -2.36. The zero-order valence-electron chi connectivity index (χ0n) is 13.9. The highest BCUT2D eigenvalue weighted by Crippen LogP contribution is 2.23. The second-order valence-corrected chi connectivity index (χ2v) is 6.23. The zero-order chi connectivity index (χ0) is 15.3. The van der Waals surface area contributed by atoms with Crippen LogP contribution in [0.4, 0.5) is 5.82 Å². The summed E-state index contributed by atoms with van der Waals surface area (Å²) in [5, 5.41) is 0. The van der Waals surface area contributed by atoms with E-state index in [0.717, 1.165) is 31.1 Å². The van der Waals surface area contributed by atoms with Crippen molar-refractivity contribution in [2.45, 2.75) is 34.2 Å². The molecule has 0 atom stereocenters. The van der Waals surface area contributed by atoms with Crippen molar-refractivity contribution < 1.29 is 0 Å². The van der Waals surface area contributed by atoms with E-state index in [-0.39, 0.29) is 0 Å². The van der Waals surface area contributed by atoms with Crippen LogP contribution in [0.15, 0.2) is 6.07 Å². The SMILES string of the molecule is Cc1cc(C)c(CN)c(N(CCN(C)C)CC(C)C)n1. The Labute approximate surface area is 124 Å². The summed E-state index contributed by atoms with van der Waals surface area (Å²) in [4.78, 5) is 9.35. The number of anilines is 1. The van der Waals surface area contributed by atoms with Crippen LogP contribution in [0.3, 0.4) is 0 Å². The van der Waals surface area contributed by atoms with Crippen LogP contribution in [0.1, 0.15) is 30.7 Å². The molecule has 0 fully saturated rings. The molecule has 20 heavy (non-hydrogen) atoms. The molecule has 0 aliphatic heterocycles. The van der Waals surface area contributed by atoms with Crippen molar-refractivity contribution in [1.82, 2.24) is 9.88 Å². The van der Waals surface area contributed by atoms with Crippen molar-refractivity contribution in [2.24, 2.45) is 11.7 Å². The highest BCUT2D eigenvalue weighted by molar-refractivity contribution is 5.51. The Morgan fingerprint density at radius 3 is 2.35 bits per heavy atom. The fraction of sp³-hybridized carbons (Fsp3) is 0.688. The summed E-state index contributed by atoms with van der Waals surface area (Å²) >= 11 is 0. The highest BCUT2D eigenvalue weighted by Gasteiger charge is 2.16. The molecule has 0 aromatic carbocycles. The summed E-state index contributed by atoms with van der Waals surface area (Å²) in [6, 6.07) is 2.12. The number of pyridine rings is 1. The third kappa shape index (κ3) is 4.76. The Kier molecular flexibility index (Phi) is 6.43. The molecule has 1 aromatic heterocycles. The van der Waals surface area contributed by atoms with Gasteiger partial charge in [-0.05, 0) is 45.5 Å². The first-order valence-electron chi connectivity index (χ1n) is 7.42. The summed E-state index contributed by atoms with van der Waals surface area (Å²) in [6.07, 6.45) is 0. The second kappa shape index (κ2) is 7.60. The van der Waals surface area contributed by atoms with Crippen LogP contribution in [-0.4, -0.2) is 43.6 Å². The number of likely N-dealkylation sites (N-methyl/N-ethyl adjacent to an activating group) is 1. The minimum atomic E-state index is 0.547. The minimum Gasteiger partial charge on any atom is -0.355 e. The number of hydrogen-bond acceptors (Lipinski definition) is 4. The maximum absolute atomic E-state index is 5.95. The molecule has 0 aliphatic rings. The van der Waals surface area contributed by atoms with E-state index in [9.17, 15) is 0 Å². The minimum absolute atomic E-state index is 0.547. The molecule has 2 N–H and O–H groups in total. The lowest BCUT2D eigenvalue weighted by molar-refractivity contribution is 0.408. The molecule has 1 heterocycles. The summed E-state index contributed by atoms with van der Waals surface area (Å²) in [5.41, 5.74) is 9.43. The van der Waals surface area contributed by atoms with Crippen LogP contribution in [-0.2, 0) is 6.54 Å². The standard InChI is InChI=1S/C16H30N4/c1-12(2)11-20(8-7-19(5)6)16-15(10-17)13(3)9-14(4)18-16/h9,12H,7-8,10-11,17H2,1-6H3. The van der Waals surface area contributed by atoms with Gasteiger partial charge >= 0.3 is 0 Å². The number of nitrogens with two attached hydrogens (primary N) is 1. The molecular weight excluding hydrogens is 248 g/mol. The van der Waals surface area contributed by atoms with Gasteiger partial charge in [0.2, 0.25) is 0 Å².